The van der Waals surface area contributed by atoms with Gasteiger partial charge in [0.05, 0.1) is 9.34 Å². The molecule has 0 aromatic heterocycles. The maximum atomic E-state index is 9.30. The predicted molar refractivity (Wildman–Crippen MR) is 49.5 cm³/mol. The molecule has 1 N–H and O–H groups in total. The summed E-state index contributed by atoms with van der Waals surface area (Å²) in [5.41, 5.74) is 0.168. The van der Waals surface area contributed by atoms with Crippen LogP contribution in [0.25, 0.3) is 0 Å². The molecule has 1 saturated carbocycles. The summed E-state index contributed by atoms with van der Waals surface area (Å²) in [6.07, 6.45) is -0.242. The molecule has 10 heavy (non-hydrogen) atoms. The molecule has 0 amide bonds. The highest BCUT2D eigenvalue weighted by Crippen LogP contribution is 2.71. The summed E-state index contributed by atoms with van der Waals surface area (Å²) in [7, 11) is 0. The SMILES string of the molecule is CC(O)C1C(C)(C)C1(Br)Br. The first kappa shape index (κ1) is 9.01. The maximum absolute atomic E-state index is 9.30. The van der Waals surface area contributed by atoms with Gasteiger partial charge in [0.1, 0.15) is 0 Å². The van der Waals surface area contributed by atoms with Crippen LogP contribution in [0, 0.1) is 11.3 Å². The molecule has 0 heterocycles. The van der Waals surface area contributed by atoms with Crippen molar-refractivity contribution in [2.45, 2.75) is 30.1 Å². The van der Waals surface area contributed by atoms with E-state index in [1.54, 1.807) is 0 Å². The van der Waals surface area contributed by atoms with Crippen LogP contribution in [0.15, 0.2) is 0 Å². The minimum absolute atomic E-state index is 0.0405. The van der Waals surface area contributed by atoms with Crippen LogP contribution in [0.4, 0.5) is 0 Å². The Morgan fingerprint density at radius 1 is 1.40 bits per heavy atom. The van der Waals surface area contributed by atoms with Gasteiger partial charge in [0.2, 0.25) is 0 Å². The van der Waals surface area contributed by atoms with E-state index in [0.717, 1.165) is 0 Å². The van der Waals surface area contributed by atoms with Gasteiger partial charge in [-0.3, -0.25) is 0 Å². The number of halogens is 2. The Morgan fingerprint density at radius 3 is 1.70 bits per heavy atom. The van der Waals surface area contributed by atoms with Crippen molar-refractivity contribution in [3.63, 3.8) is 0 Å². The Kier molecular flexibility index (Phi) is 1.99. The summed E-state index contributed by atoms with van der Waals surface area (Å²) >= 11 is 7.06. The molecule has 1 fully saturated rings. The zero-order valence-corrected chi connectivity index (χ0v) is 9.53. The van der Waals surface area contributed by atoms with E-state index in [-0.39, 0.29) is 14.8 Å². The first-order valence-corrected chi connectivity index (χ1v) is 4.96. The second-order valence-corrected chi connectivity index (χ2v) is 7.13. The van der Waals surface area contributed by atoms with Crippen molar-refractivity contribution in [2.75, 3.05) is 0 Å². The summed E-state index contributed by atoms with van der Waals surface area (Å²) in [6.45, 7) is 6.10. The van der Waals surface area contributed by atoms with Crippen LogP contribution in [0.5, 0.6) is 0 Å². The van der Waals surface area contributed by atoms with Crippen LogP contribution >= 0.6 is 31.9 Å². The van der Waals surface area contributed by atoms with Crippen molar-refractivity contribution >= 4 is 31.9 Å². The van der Waals surface area contributed by atoms with E-state index >= 15 is 0 Å². The molecule has 1 aliphatic carbocycles. The highest BCUT2D eigenvalue weighted by atomic mass is 79.9. The smallest absolute Gasteiger partial charge is 0.0918 e. The molecular formula is C7H12Br2O. The molecule has 1 nitrogen and oxygen atoms in total. The normalized spacial score (nSPS) is 37.2. The maximum Gasteiger partial charge on any atom is 0.0918 e. The van der Waals surface area contributed by atoms with Gasteiger partial charge in [0.15, 0.2) is 0 Å². The zero-order chi connectivity index (χ0) is 8.15. The van der Waals surface area contributed by atoms with E-state index in [1.807, 2.05) is 6.92 Å². The monoisotopic (exact) mass is 270 g/mol. The van der Waals surface area contributed by atoms with Gasteiger partial charge < -0.3 is 5.11 Å². The molecule has 2 unspecified atom stereocenters. The van der Waals surface area contributed by atoms with E-state index in [9.17, 15) is 5.11 Å². The summed E-state index contributed by atoms with van der Waals surface area (Å²) in [5.74, 6) is 0.319. The van der Waals surface area contributed by atoms with E-state index in [2.05, 4.69) is 45.7 Å². The average molecular weight is 272 g/mol. The van der Waals surface area contributed by atoms with Crippen molar-refractivity contribution < 1.29 is 5.11 Å². The van der Waals surface area contributed by atoms with Gasteiger partial charge in [-0.05, 0) is 12.3 Å². The van der Waals surface area contributed by atoms with Gasteiger partial charge in [-0.25, -0.2) is 0 Å². The van der Waals surface area contributed by atoms with Crippen molar-refractivity contribution in [1.82, 2.24) is 0 Å². The third kappa shape index (κ3) is 0.978. The van der Waals surface area contributed by atoms with Crippen molar-refractivity contribution in [3.8, 4) is 0 Å². The molecule has 0 aliphatic heterocycles. The first-order valence-electron chi connectivity index (χ1n) is 3.37. The molecule has 60 valence electrons. The average Bonchev–Trinajstić information content (AvgIpc) is 1.97. The molecule has 3 heteroatoms. The number of hydrogen-bond acceptors (Lipinski definition) is 1. The van der Waals surface area contributed by atoms with Gasteiger partial charge in [0, 0.05) is 5.92 Å². The molecule has 0 saturated heterocycles. The van der Waals surface area contributed by atoms with Crippen molar-refractivity contribution in [3.05, 3.63) is 0 Å². The summed E-state index contributed by atoms with van der Waals surface area (Å²) in [6, 6.07) is 0. The van der Waals surface area contributed by atoms with E-state index < -0.39 is 0 Å². The number of alkyl halides is 2. The van der Waals surface area contributed by atoms with Crippen molar-refractivity contribution in [1.29, 1.82) is 0 Å². The molecule has 0 aromatic carbocycles. The van der Waals surface area contributed by atoms with Gasteiger partial charge in [0.25, 0.3) is 0 Å². The number of aliphatic hydroxyl groups excluding tert-OH is 1. The second kappa shape index (κ2) is 2.20. The van der Waals surface area contributed by atoms with Crippen LogP contribution in [-0.4, -0.2) is 14.4 Å². The van der Waals surface area contributed by atoms with Gasteiger partial charge in [-0.1, -0.05) is 45.7 Å². The molecule has 0 radical (unpaired) electrons. The lowest BCUT2D eigenvalue weighted by atomic mass is 10.1. The van der Waals surface area contributed by atoms with E-state index in [1.165, 1.54) is 0 Å². The fourth-order valence-corrected chi connectivity index (χ4v) is 3.77. The Bertz CT molecular complexity index is 138. The summed E-state index contributed by atoms with van der Waals surface area (Å²) in [4.78, 5) is 0. The van der Waals surface area contributed by atoms with Gasteiger partial charge in [-0.15, -0.1) is 0 Å². The minimum atomic E-state index is -0.242. The molecule has 1 rings (SSSR count). The van der Waals surface area contributed by atoms with Crippen molar-refractivity contribution in [2.24, 2.45) is 11.3 Å². The lowest BCUT2D eigenvalue weighted by molar-refractivity contribution is 0.156. The Morgan fingerprint density at radius 2 is 1.70 bits per heavy atom. The Hall–Kier alpha value is 0.920. The van der Waals surface area contributed by atoms with Crippen LogP contribution in [0.3, 0.4) is 0 Å². The summed E-state index contributed by atoms with van der Waals surface area (Å²) < 4.78 is -0.0405. The number of hydrogen-bond donors (Lipinski definition) is 1. The highest BCUT2D eigenvalue weighted by Gasteiger charge is 2.70. The third-order valence-electron chi connectivity index (χ3n) is 2.43. The van der Waals surface area contributed by atoms with Crippen LogP contribution in [-0.2, 0) is 0 Å². The van der Waals surface area contributed by atoms with Gasteiger partial charge >= 0.3 is 0 Å². The molecule has 1 aliphatic rings. The zero-order valence-electron chi connectivity index (χ0n) is 6.36. The molecule has 0 spiro atoms. The fraction of sp³-hybridized carbons (Fsp3) is 1.00. The molecular weight excluding hydrogens is 260 g/mol. The van der Waals surface area contributed by atoms with Crippen LogP contribution in [0.2, 0.25) is 0 Å². The molecule has 0 bridgehead atoms. The largest absolute Gasteiger partial charge is 0.393 e. The van der Waals surface area contributed by atoms with E-state index in [4.69, 9.17) is 0 Å². The Balaban J connectivity index is 2.72. The minimum Gasteiger partial charge on any atom is -0.393 e. The lowest BCUT2D eigenvalue weighted by Gasteiger charge is -2.02. The summed E-state index contributed by atoms with van der Waals surface area (Å²) in [5, 5.41) is 9.30. The lowest BCUT2D eigenvalue weighted by Crippen LogP contribution is -2.08. The highest BCUT2D eigenvalue weighted by molar-refractivity contribution is 9.25. The topological polar surface area (TPSA) is 20.2 Å². The first-order chi connectivity index (χ1) is 4.32. The number of aliphatic hydroxyl groups is 1. The fourth-order valence-electron chi connectivity index (χ4n) is 1.60. The number of rotatable bonds is 1. The Labute approximate surface area is 78.5 Å². The van der Waals surface area contributed by atoms with Crippen LogP contribution < -0.4 is 0 Å². The molecule has 2 atom stereocenters. The second-order valence-electron chi connectivity index (χ2n) is 3.56. The standard InChI is InChI=1S/C7H12Br2O/c1-4(10)5-6(2,3)7(5,8)9/h4-5,10H,1-3H3. The molecule has 0 aromatic rings. The predicted octanol–water partition coefficient (Wildman–Crippen LogP) is 2.51. The van der Waals surface area contributed by atoms with Crippen LogP contribution in [0.1, 0.15) is 20.8 Å². The third-order valence-corrected chi connectivity index (χ3v) is 5.46. The van der Waals surface area contributed by atoms with Gasteiger partial charge in [-0.2, -0.15) is 0 Å². The van der Waals surface area contributed by atoms with E-state index in [0.29, 0.717) is 5.92 Å². The quantitative estimate of drug-likeness (QED) is 0.727.